The number of aromatic hydroxyl groups is 1. The number of aromatic nitrogens is 2. The molecule has 156 valence electrons. The minimum Gasteiger partial charge on any atom is -0.494 e. The molecular weight excluding hydrogens is 396 g/mol. The van der Waals surface area contributed by atoms with Crippen LogP contribution in [0.4, 0.5) is 5.69 Å². The molecule has 4 rings (SSSR count). The zero-order valence-electron chi connectivity index (χ0n) is 17.2. The van der Waals surface area contributed by atoms with Crippen LogP contribution in [0.25, 0.3) is 11.8 Å². The van der Waals surface area contributed by atoms with E-state index < -0.39 is 23.0 Å². The summed E-state index contributed by atoms with van der Waals surface area (Å²) >= 11 is 0. The van der Waals surface area contributed by atoms with Crippen molar-refractivity contribution in [1.82, 2.24) is 9.55 Å². The second-order valence-corrected chi connectivity index (χ2v) is 7.37. The second-order valence-electron chi connectivity index (χ2n) is 7.37. The molecule has 0 fully saturated rings. The third-order valence-electron chi connectivity index (χ3n) is 5.01. The van der Waals surface area contributed by atoms with Gasteiger partial charge in [-0.05, 0) is 56.7 Å². The average Bonchev–Trinajstić information content (AvgIpc) is 2.99. The lowest BCUT2D eigenvalue weighted by atomic mass is 10.1. The van der Waals surface area contributed by atoms with E-state index in [1.165, 1.54) is 11.1 Å². The van der Waals surface area contributed by atoms with Gasteiger partial charge >= 0.3 is 5.69 Å². The van der Waals surface area contributed by atoms with E-state index >= 15 is 0 Å². The Bertz CT molecular complexity index is 1380. The molecule has 3 aromatic rings. The van der Waals surface area contributed by atoms with Crippen LogP contribution < -0.4 is 16.3 Å². The first-order valence-electron chi connectivity index (χ1n) is 9.60. The first-order valence-corrected chi connectivity index (χ1v) is 9.60. The Labute approximate surface area is 177 Å². The van der Waals surface area contributed by atoms with Gasteiger partial charge in [-0.25, -0.2) is 9.36 Å². The number of hydrogen-bond donors (Lipinski definition) is 2. The number of nitrogens with one attached hydrogen (secondary N) is 1. The van der Waals surface area contributed by atoms with Crippen molar-refractivity contribution >= 4 is 23.4 Å². The Morgan fingerprint density at radius 3 is 2.32 bits per heavy atom. The normalized spacial score (nSPS) is 14.9. The van der Waals surface area contributed by atoms with Gasteiger partial charge in [-0.3, -0.25) is 14.6 Å². The van der Waals surface area contributed by atoms with Crippen LogP contribution in [0.2, 0.25) is 0 Å². The van der Waals surface area contributed by atoms with Crippen LogP contribution in [0, 0.1) is 13.8 Å². The highest BCUT2D eigenvalue weighted by molar-refractivity contribution is 6.32. The molecular formula is C23H20N4O4. The molecule has 0 radical (unpaired) electrons. The fraction of sp³-hybridized carbons (Fsp3) is 0.130. The lowest BCUT2D eigenvalue weighted by Crippen LogP contribution is -2.30. The van der Waals surface area contributed by atoms with Crippen LogP contribution in [0.5, 0.6) is 5.88 Å². The van der Waals surface area contributed by atoms with Gasteiger partial charge in [0.25, 0.3) is 11.5 Å². The zero-order chi connectivity index (χ0) is 22.3. The number of amides is 1. The summed E-state index contributed by atoms with van der Waals surface area (Å²) in [6, 6.07) is 14.2. The van der Waals surface area contributed by atoms with E-state index in [0.717, 1.165) is 15.7 Å². The maximum absolute atomic E-state index is 13.0. The van der Waals surface area contributed by atoms with Crippen molar-refractivity contribution in [3.63, 3.8) is 0 Å². The first-order chi connectivity index (χ1) is 14.8. The van der Waals surface area contributed by atoms with Crippen molar-refractivity contribution in [2.24, 2.45) is 5.10 Å². The van der Waals surface area contributed by atoms with Crippen LogP contribution in [-0.4, -0.2) is 26.3 Å². The number of hydrazone groups is 1. The Balaban J connectivity index is 1.82. The molecule has 0 saturated carbocycles. The summed E-state index contributed by atoms with van der Waals surface area (Å²) in [6.45, 7) is 5.42. The highest BCUT2D eigenvalue weighted by Gasteiger charge is 2.29. The number of carbonyl (C=O) groups excluding carboxylic acids is 1. The Hall–Kier alpha value is -4.20. The van der Waals surface area contributed by atoms with Gasteiger partial charge in [0, 0.05) is 0 Å². The topological polar surface area (TPSA) is 108 Å². The Morgan fingerprint density at radius 2 is 1.65 bits per heavy atom. The molecule has 1 aromatic heterocycles. The van der Waals surface area contributed by atoms with Crippen molar-refractivity contribution in [2.45, 2.75) is 20.8 Å². The van der Waals surface area contributed by atoms with Gasteiger partial charge in [0.15, 0.2) is 0 Å². The summed E-state index contributed by atoms with van der Waals surface area (Å²) in [7, 11) is 0. The standard InChI is InChI=1S/C23H20N4O4/c1-13-7-9-16(10-8-13)27-22(30)18(15(3)25-27)12-19-20(28)24-23(31)26(21(19)29)17-6-4-5-14(2)11-17/h4-12,29H,1-3H3,(H,24,28,31)/b18-12-. The predicted octanol–water partition coefficient (Wildman–Crippen LogP) is 2.65. The van der Waals surface area contributed by atoms with Crippen molar-refractivity contribution in [3.8, 4) is 11.6 Å². The minimum atomic E-state index is -0.798. The van der Waals surface area contributed by atoms with E-state index in [1.54, 1.807) is 37.3 Å². The summed E-state index contributed by atoms with van der Waals surface area (Å²) in [5.41, 5.74) is 1.65. The number of aryl methyl sites for hydroxylation is 2. The van der Waals surface area contributed by atoms with Crippen LogP contribution >= 0.6 is 0 Å². The molecule has 0 bridgehead atoms. The number of aromatic amines is 1. The smallest absolute Gasteiger partial charge is 0.335 e. The number of rotatable bonds is 3. The molecule has 2 heterocycles. The molecule has 8 nitrogen and oxygen atoms in total. The highest BCUT2D eigenvalue weighted by atomic mass is 16.3. The summed E-state index contributed by atoms with van der Waals surface area (Å²) in [5, 5.41) is 16.3. The van der Waals surface area contributed by atoms with E-state index in [1.807, 2.05) is 32.0 Å². The molecule has 8 heteroatoms. The Morgan fingerprint density at radius 1 is 0.935 bits per heavy atom. The van der Waals surface area contributed by atoms with Gasteiger partial charge in [0.2, 0.25) is 5.88 Å². The monoisotopic (exact) mass is 416 g/mol. The number of benzene rings is 2. The van der Waals surface area contributed by atoms with Crippen LogP contribution in [0.3, 0.4) is 0 Å². The van der Waals surface area contributed by atoms with E-state index in [4.69, 9.17) is 0 Å². The van der Waals surface area contributed by atoms with Gasteiger partial charge in [0.1, 0.15) is 5.56 Å². The van der Waals surface area contributed by atoms with Crippen molar-refractivity contribution in [2.75, 3.05) is 5.01 Å². The zero-order valence-corrected chi connectivity index (χ0v) is 17.2. The molecule has 0 saturated heterocycles. The lowest BCUT2D eigenvalue weighted by molar-refractivity contribution is -0.114. The third-order valence-corrected chi connectivity index (χ3v) is 5.01. The molecule has 1 amide bonds. The minimum absolute atomic E-state index is 0.149. The fourth-order valence-electron chi connectivity index (χ4n) is 3.36. The van der Waals surface area contributed by atoms with Gasteiger partial charge in [-0.1, -0.05) is 29.8 Å². The molecule has 0 aliphatic carbocycles. The number of carbonyl (C=O) groups is 1. The summed E-state index contributed by atoms with van der Waals surface area (Å²) in [6.07, 6.45) is 1.26. The van der Waals surface area contributed by atoms with Gasteiger partial charge in [-0.15, -0.1) is 0 Å². The van der Waals surface area contributed by atoms with E-state index in [0.29, 0.717) is 17.1 Å². The molecule has 1 aliphatic heterocycles. The lowest BCUT2D eigenvalue weighted by Gasteiger charge is -2.12. The molecule has 0 atom stereocenters. The number of anilines is 1. The van der Waals surface area contributed by atoms with Crippen molar-refractivity contribution < 1.29 is 9.90 Å². The third kappa shape index (κ3) is 3.59. The van der Waals surface area contributed by atoms with Crippen molar-refractivity contribution in [3.05, 3.63) is 91.6 Å². The molecule has 2 aromatic carbocycles. The summed E-state index contributed by atoms with van der Waals surface area (Å²) in [4.78, 5) is 40.0. The number of H-pyrrole nitrogens is 1. The summed E-state index contributed by atoms with van der Waals surface area (Å²) in [5.74, 6) is -0.991. The Kier molecular flexibility index (Phi) is 4.90. The van der Waals surface area contributed by atoms with Gasteiger partial charge in [0.05, 0.1) is 22.7 Å². The molecule has 31 heavy (non-hydrogen) atoms. The van der Waals surface area contributed by atoms with Gasteiger partial charge < -0.3 is 5.11 Å². The van der Waals surface area contributed by atoms with Crippen LogP contribution in [0.15, 0.2) is 68.8 Å². The SMILES string of the molecule is CC1=NN(c2ccc(C)cc2)C(=O)/C1=C\c1c(O)n(-c2cccc(C)c2)c(=O)[nH]c1=O. The van der Waals surface area contributed by atoms with E-state index in [2.05, 4.69) is 10.1 Å². The fourth-order valence-corrected chi connectivity index (χ4v) is 3.36. The van der Waals surface area contributed by atoms with Gasteiger partial charge in [-0.2, -0.15) is 10.1 Å². The van der Waals surface area contributed by atoms with Crippen LogP contribution in [0.1, 0.15) is 23.6 Å². The largest absolute Gasteiger partial charge is 0.494 e. The molecule has 2 N–H and O–H groups in total. The first kappa shape index (κ1) is 20.1. The maximum Gasteiger partial charge on any atom is 0.335 e. The van der Waals surface area contributed by atoms with E-state index in [-0.39, 0.29) is 11.1 Å². The second kappa shape index (κ2) is 7.56. The maximum atomic E-state index is 13.0. The van der Waals surface area contributed by atoms with Crippen molar-refractivity contribution in [1.29, 1.82) is 0 Å². The molecule has 0 unspecified atom stereocenters. The number of nitrogens with zero attached hydrogens (tertiary/aromatic N) is 3. The molecule has 0 spiro atoms. The van der Waals surface area contributed by atoms with Crippen LogP contribution in [-0.2, 0) is 4.79 Å². The molecule has 1 aliphatic rings. The summed E-state index contributed by atoms with van der Waals surface area (Å²) < 4.78 is 0.991. The number of hydrogen-bond acceptors (Lipinski definition) is 5. The predicted molar refractivity (Wildman–Crippen MR) is 119 cm³/mol. The quantitative estimate of drug-likeness (QED) is 0.640. The van der Waals surface area contributed by atoms with E-state index in [9.17, 15) is 19.5 Å². The average molecular weight is 416 g/mol. The highest BCUT2D eigenvalue weighted by Crippen LogP contribution is 2.26.